The van der Waals surface area contributed by atoms with Crippen molar-refractivity contribution in [1.82, 2.24) is 0 Å². The van der Waals surface area contributed by atoms with Gasteiger partial charge in [-0.2, -0.15) is 0 Å². The van der Waals surface area contributed by atoms with Crippen LogP contribution in [0.4, 0.5) is 0 Å². The summed E-state index contributed by atoms with van der Waals surface area (Å²) < 4.78 is 54.2. The van der Waals surface area contributed by atoms with E-state index in [9.17, 15) is 76.0 Å². The Bertz CT molecular complexity index is 2150. The summed E-state index contributed by atoms with van der Waals surface area (Å²) in [7, 11) is 0. The lowest BCUT2D eigenvalue weighted by molar-refractivity contribution is -0.389. The van der Waals surface area contributed by atoms with Gasteiger partial charge < -0.3 is 109 Å². The number of hydrogen-bond donors (Lipinski definition) is 13. The first kappa shape index (κ1) is 58.8. The van der Waals surface area contributed by atoms with E-state index in [2.05, 4.69) is 20.8 Å². The molecule has 434 valence electrons. The molecule has 76 heavy (non-hydrogen) atoms. The molecule has 0 aromatic rings. The number of carbonyl (C=O) groups excluding carboxylic acids is 2. The number of aliphatic hydroxyl groups excluding tert-OH is 13. The Morgan fingerprint density at radius 2 is 1.33 bits per heavy atom. The minimum atomic E-state index is -1.93. The zero-order chi connectivity index (χ0) is 55.5. The number of allylic oxidation sites excluding steroid dienone is 2. The van der Waals surface area contributed by atoms with E-state index in [1.54, 1.807) is 6.92 Å². The van der Waals surface area contributed by atoms with E-state index >= 15 is 0 Å². The second-order valence-electron chi connectivity index (χ2n) is 24.2. The molecular weight excluding hydrogens is 1010 g/mol. The molecule has 13 N–H and O–H groups in total. The summed E-state index contributed by atoms with van der Waals surface area (Å²) >= 11 is 0. The van der Waals surface area contributed by atoms with Gasteiger partial charge in [-0.1, -0.05) is 47.1 Å². The van der Waals surface area contributed by atoms with E-state index in [-0.39, 0.29) is 30.3 Å². The van der Waals surface area contributed by atoms with Crippen LogP contribution in [0.1, 0.15) is 99.8 Å². The van der Waals surface area contributed by atoms with Crippen LogP contribution in [0.2, 0.25) is 0 Å². The van der Waals surface area contributed by atoms with Crippen LogP contribution in [0.25, 0.3) is 0 Å². The fourth-order valence-corrected chi connectivity index (χ4v) is 15.4. The summed E-state index contributed by atoms with van der Waals surface area (Å²) in [6, 6.07) is 0. The molecule has 29 atom stereocenters. The van der Waals surface area contributed by atoms with Crippen LogP contribution in [0, 0.1) is 33.5 Å². The largest absolute Gasteiger partial charge is 0.396 e. The lowest BCUT2D eigenvalue weighted by Gasteiger charge is -2.63. The van der Waals surface area contributed by atoms with Crippen molar-refractivity contribution in [3.8, 4) is 0 Å². The highest BCUT2D eigenvalue weighted by Gasteiger charge is 2.76. The summed E-state index contributed by atoms with van der Waals surface area (Å²) in [6.07, 6.45) is -31.7. The van der Waals surface area contributed by atoms with E-state index in [0.29, 0.717) is 44.1 Å². The molecule has 0 radical (unpaired) electrons. The zero-order valence-corrected chi connectivity index (χ0v) is 44.1. The molecular formula is C52H82O24. The Labute approximate surface area is 440 Å². The Hall–Kier alpha value is -1.80. The zero-order valence-electron chi connectivity index (χ0n) is 44.1. The first-order chi connectivity index (χ1) is 35.7. The van der Waals surface area contributed by atoms with Gasteiger partial charge in [-0.15, -0.1) is 0 Å². The van der Waals surface area contributed by atoms with Crippen LogP contribution in [-0.4, -0.2) is 245 Å². The van der Waals surface area contributed by atoms with Gasteiger partial charge >= 0.3 is 0 Å². The predicted molar refractivity (Wildman–Crippen MR) is 255 cm³/mol. The van der Waals surface area contributed by atoms with Crippen LogP contribution in [0.5, 0.6) is 0 Å². The van der Waals surface area contributed by atoms with Crippen LogP contribution < -0.4 is 0 Å². The number of fused-ring (bicyclic) bond motifs is 5. The minimum absolute atomic E-state index is 0.0144. The molecule has 0 amide bonds. The molecule has 0 unspecified atom stereocenters. The van der Waals surface area contributed by atoms with Crippen molar-refractivity contribution in [2.75, 3.05) is 26.4 Å². The average molecular weight is 1090 g/mol. The molecule has 9 aliphatic rings. The summed E-state index contributed by atoms with van der Waals surface area (Å²) in [6.45, 7) is 10.8. The van der Waals surface area contributed by atoms with E-state index in [0.717, 1.165) is 5.57 Å². The highest BCUT2D eigenvalue weighted by Crippen LogP contribution is 2.75. The summed E-state index contributed by atoms with van der Waals surface area (Å²) in [5.41, 5.74) is -2.61. The summed E-state index contributed by atoms with van der Waals surface area (Å²) in [5, 5.41) is 143. The molecule has 0 aromatic heterocycles. The fourth-order valence-electron chi connectivity index (χ4n) is 15.4. The van der Waals surface area contributed by atoms with Gasteiger partial charge in [-0.25, -0.2) is 0 Å². The molecule has 1 spiro atoms. The molecule has 5 heterocycles. The molecule has 0 bridgehead atoms. The Morgan fingerprint density at radius 1 is 0.711 bits per heavy atom. The van der Waals surface area contributed by atoms with Crippen LogP contribution in [-0.2, 0) is 52.2 Å². The Kier molecular flexibility index (Phi) is 16.7. The number of aliphatic hydroxyl groups is 13. The second-order valence-corrected chi connectivity index (χ2v) is 24.2. The van der Waals surface area contributed by atoms with Crippen molar-refractivity contribution in [2.45, 2.75) is 240 Å². The van der Waals surface area contributed by atoms with E-state index < -0.39 is 195 Å². The van der Waals surface area contributed by atoms with Crippen molar-refractivity contribution in [3.63, 3.8) is 0 Å². The van der Waals surface area contributed by atoms with Crippen molar-refractivity contribution in [2.24, 2.45) is 33.5 Å². The molecule has 2 saturated carbocycles. The molecule has 5 saturated heterocycles. The maximum absolute atomic E-state index is 15.0. The third-order valence-corrected chi connectivity index (χ3v) is 20.2. The maximum Gasteiger partial charge on any atom is 0.187 e. The Morgan fingerprint density at radius 3 is 1.99 bits per heavy atom. The molecule has 7 fully saturated rings. The van der Waals surface area contributed by atoms with Crippen LogP contribution in [0.3, 0.4) is 0 Å². The van der Waals surface area contributed by atoms with Crippen LogP contribution in [0.15, 0.2) is 11.1 Å². The molecule has 9 rings (SSSR count). The second kappa shape index (κ2) is 21.5. The van der Waals surface area contributed by atoms with Crippen molar-refractivity contribution >= 4 is 11.6 Å². The summed E-state index contributed by atoms with van der Waals surface area (Å²) in [4.78, 5) is 28.0. The van der Waals surface area contributed by atoms with E-state index in [1.807, 2.05) is 13.8 Å². The third-order valence-electron chi connectivity index (χ3n) is 20.2. The number of carbonyl (C=O) groups is 2. The number of rotatable bonds is 13. The SMILES string of the molecule is CCC(=O)[C@@H]1C[C@@H](C)[C@@]2(O1)[C@@H](O)C[C@@]1(C)C3=C(CC[C@]21C)[C@@]1(C)CC[C@H](O[C@@H]2O[C@H](CO[C@@H]4OC[C@H](O)[C@H](O)[C@H]4O[C@@H]4O[C@H](CO)[C@@H](O)[C@H](O)[C@H]4O[C@@H]4O[C@@H](C)[C@H](O)[C@@H](O)[C@H]4O)[C@@H](O)[C@H](O)[C@H]2O)[C@](C)(CO)[C@@H]1CC3=O. The van der Waals surface area contributed by atoms with E-state index in [4.69, 9.17) is 42.6 Å². The molecule has 24 heteroatoms. The van der Waals surface area contributed by atoms with Gasteiger partial charge in [-0.05, 0) is 62.7 Å². The normalized spacial score (nSPS) is 54.6. The quantitative estimate of drug-likeness (QED) is 0.0860. The van der Waals surface area contributed by atoms with Gasteiger partial charge in [0.2, 0.25) is 0 Å². The van der Waals surface area contributed by atoms with Gasteiger partial charge in [0.25, 0.3) is 0 Å². The lowest BCUT2D eigenvalue weighted by Crippen LogP contribution is -2.66. The van der Waals surface area contributed by atoms with Gasteiger partial charge in [-0.3, -0.25) is 9.59 Å². The highest BCUT2D eigenvalue weighted by atomic mass is 16.8. The van der Waals surface area contributed by atoms with Crippen LogP contribution >= 0.6 is 0 Å². The first-order valence-corrected chi connectivity index (χ1v) is 27.0. The molecule has 4 aliphatic carbocycles. The standard InChI is InChI=1S/C52H82O24/c1-8-23(55)26-13-20(2)52(76-26)30(58)15-50(6)32-22(9-12-51(50,52)7)48(4)11-10-31(49(5,19-54)29(48)14-24(32)56)73-45-41(67)38(64)36(62)28(72-45)18-69-46-42(34(60)25(57)17-68-46)75-47-43(39(65)35(61)27(16-53)71-47)74-44-40(66)37(63)33(59)21(3)70-44/h20-21,25-31,33-47,53-54,57-67H,8-19H2,1-7H3/t20-,21+,25+,26+,27-,28-,29-,30+,31+,33+,34+,35-,36-,37-,38+,39+,40-,41-,42-,43-,44+,45+,46+,47+,48-,49-,50+,51+,52-/m1/s1. The molecule has 5 aliphatic heterocycles. The number of hydrogen-bond acceptors (Lipinski definition) is 24. The summed E-state index contributed by atoms with van der Waals surface area (Å²) in [5.74, 6) is -0.750. The maximum atomic E-state index is 15.0. The van der Waals surface area contributed by atoms with Gasteiger partial charge in [0.05, 0.1) is 44.7 Å². The minimum Gasteiger partial charge on any atom is -0.396 e. The number of ether oxygens (including phenoxy) is 9. The monoisotopic (exact) mass is 1090 g/mol. The average Bonchev–Trinajstić information content (AvgIpc) is 3.96. The Balaban J connectivity index is 0.909. The van der Waals surface area contributed by atoms with E-state index in [1.165, 1.54) is 6.92 Å². The van der Waals surface area contributed by atoms with Crippen molar-refractivity contribution in [1.29, 1.82) is 0 Å². The van der Waals surface area contributed by atoms with Gasteiger partial charge in [0.1, 0.15) is 97.2 Å². The van der Waals surface area contributed by atoms with Gasteiger partial charge in [0, 0.05) is 34.7 Å². The predicted octanol–water partition coefficient (Wildman–Crippen LogP) is -3.29. The lowest BCUT2D eigenvalue weighted by atomic mass is 9.42. The first-order valence-electron chi connectivity index (χ1n) is 27.0. The smallest absolute Gasteiger partial charge is 0.187 e. The molecule has 0 aromatic carbocycles. The molecule has 24 nitrogen and oxygen atoms in total. The number of Topliss-reactive ketones (excluding diaryl/α,β-unsaturated/α-hetero) is 2. The topological polar surface area (TPSA) is 380 Å². The van der Waals surface area contributed by atoms with Crippen molar-refractivity contribution < 1.29 is 119 Å². The van der Waals surface area contributed by atoms with Crippen molar-refractivity contribution in [3.05, 3.63) is 11.1 Å². The highest BCUT2D eigenvalue weighted by molar-refractivity contribution is 5.99. The van der Waals surface area contributed by atoms with Gasteiger partial charge in [0.15, 0.2) is 36.7 Å². The third kappa shape index (κ3) is 9.04. The fraction of sp³-hybridized carbons (Fsp3) is 0.923. The number of ketones is 2.